The van der Waals surface area contributed by atoms with E-state index in [2.05, 4.69) is 41.5 Å². The molecule has 3 aromatic rings. The third-order valence-corrected chi connectivity index (χ3v) is 4.37. The van der Waals surface area contributed by atoms with E-state index >= 15 is 0 Å². The SMILES string of the molecule is Cc1nn(CCCNC(=O)c2ccn(Cn3cnc([N+](=O)[O-])n3)n2)cc1Br. The van der Waals surface area contributed by atoms with Crippen LogP contribution in [0.4, 0.5) is 5.95 Å². The lowest BCUT2D eigenvalue weighted by atomic mass is 10.3. The van der Waals surface area contributed by atoms with Crippen molar-refractivity contribution in [2.45, 2.75) is 26.6 Å². The van der Waals surface area contributed by atoms with Gasteiger partial charge in [-0.15, -0.1) is 0 Å². The van der Waals surface area contributed by atoms with Crippen molar-refractivity contribution in [1.82, 2.24) is 39.6 Å². The van der Waals surface area contributed by atoms with Crippen LogP contribution in [0.25, 0.3) is 0 Å². The molecule has 0 aliphatic heterocycles. The van der Waals surface area contributed by atoms with Crippen molar-refractivity contribution >= 4 is 27.8 Å². The molecular weight excluding hydrogens is 422 g/mol. The van der Waals surface area contributed by atoms with Crippen LogP contribution in [-0.4, -0.2) is 51.7 Å². The van der Waals surface area contributed by atoms with Crippen LogP contribution in [0.3, 0.4) is 0 Å². The summed E-state index contributed by atoms with van der Waals surface area (Å²) in [6.45, 7) is 3.20. The number of carbonyl (C=O) groups is 1. The molecule has 3 heterocycles. The number of hydrogen-bond donors (Lipinski definition) is 1. The molecule has 0 aliphatic rings. The summed E-state index contributed by atoms with van der Waals surface area (Å²) < 4.78 is 5.47. The first-order chi connectivity index (χ1) is 12.9. The zero-order chi connectivity index (χ0) is 19.4. The van der Waals surface area contributed by atoms with Gasteiger partial charge in [-0.3, -0.25) is 9.48 Å². The van der Waals surface area contributed by atoms with Gasteiger partial charge in [-0.25, -0.2) is 4.68 Å². The molecule has 0 radical (unpaired) electrons. The number of rotatable bonds is 8. The molecule has 1 amide bonds. The van der Waals surface area contributed by atoms with Crippen molar-refractivity contribution in [2.75, 3.05) is 6.54 Å². The predicted octanol–water partition coefficient (Wildman–Crippen LogP) is 0.976. The van der Waals surface area contributed by atoms with Crippen LogP contribution in [0, 0.1) is 17.0 Å². The minimum Gasteiger partial charge on any atom is -0.390 e. The Kier molecular flexibility index (Phi) is 5.59. The summed E-state index contributed by atoms with van der Waals surface area (Å²) in [4.78, 5) is 25.6. The van der Waals surface area contributed by atoms with E-state index in [9.17, 15) is 14.9 Å². The van der Waals surface area contributed by atoms with Gasteiger partial charge in [0.15, 0.2) is 6.67 Å². The summed E-state index contributed by atoms with van der Waals surface area (Å²) in [5, 5.41) is 25.5. The summed E-state index contributed by atoms with van der Waals surface area (Å²) in [5.74, 6) is -0.782. The van der Waals surface area contributed by atoms with E-state index < -0.39 is 10.9 Å². The quantitative estimate of drug-likeness (QED) is 0.314. The van der Waals surface area contributed by atoms with Crippen molar-refractivity contribution in [3.8, 4) is 0 Å². The zero-order valence-corrected chi connectivity index (χ0v) is 15.9. The lowest BCUT2D eigenvalue weighted by Crippen LogP contribution is -2.26. The maximum absolute atomic E-state index is 12.1. The Balaban J connectivity index is 1.46. The van der Waals surface area contributed by atoms with Crippen LogP contribution in [-0.2, 0) is 13.2 Å². The van der Waals surface area contributed by atoms with Gasteiger partial charge < -0.3 is 15.4 Å². The van der Waals surface area contributed by atoms with E-state index in [0.29, 0.717) is 13.1 Å². The highest BCUT2D eigenvalue weighted by molar-refractivity contribution is 9.10. The molecule has 0 spiro atoms. The lowest BCUT2D eigenvalue weighted by molar-refractivity contribution is -0.394. The largest absolute Gasteiger partial charge is 0.491 e. The number of amides is 1. The van der Waals surface area contributed by atoms with Crippen LogP contribution in [0.1, 0.15) is 22.6 Å². The number of nitro groups is 1. The van der Waals surface area contributed by atoms with Crippen molar-refractivity contribution in [3.05, 3.63) is 50.8 Å². The fraction of sp³-hybridized carbons (Fsp3) is 0.357. The monoisotopic (exact) mass is 437 g/mol. The molecule has 0 unspecified atom stereocenters. The average molecular weight is 438 g/mol. The summed E-state index contributed by atoms with van der Waals surface area (Å²) in [6.07, 6.45) is 5.44. The van der Waals surface area contributed by atoms with Gasteiger partial charge in [-0.1, -0.05) is 4.98 Å². The Morgan fingerprint density at radius 1 is 1.30 bits per heavy atom. The highest BCUT2D eigenvalue weighted by Gasteiger charge is 2.14. The third kappa shape index (κ3) is 4.75. The van der Waals surface area contributed by atoms with Crippen molar-refractivity contribution in [1.29, 1.82) is 0 Å². The molecule has 3 aromatic heterocycles. The number of nitrogens with zero attached hydrogens (tertiary/aromatic N) is 8. The van der Waals surface area contributed by atoms with E-state index in [0.717, 1.165) is 16.6 Å². The summed E-state index contributed by atoms with van der Waals surface area (Å²) in [7, 11) is 0. The first kappa shape index (κ1) is 18.7. The smallest absolute Gasteiger partial charge is 0.390 e. The maximum Gasteiger partial charge on any atom is 0.491 e. The second-order valence-corrected chi connectivity index (χ2v) is 6.51. The molecule has 13 heteroatoms. The van der Waals surface area contributed by atoms with Gasteiger partial charge in [0.25, 0.3) is 5.91 Å². The van der Waals surface area contributed by atoms with Crippen LogP contribution in [0.2, 0.25) is 0 Å². The fourth-order valence-electron chi connectivity index (χ4n) is 2.29. The number of aromatic nitrogens is 7. The third-order valence-electron chi connectivity index (χ3n) is 3.59. The van der Waals surface area contributed by atoms with E-state index in [1.54, 1.807) is 12.3 Å². The first-order valence-electron chi connectivity index (χ1n) is 7.97. The van der Waals surface area contributed by atoms with Crippen LogP contribution >= 0.6 is 15.9 Å². The Morgan fingerprint density at radius 2 is 2.11 bits per heavy atom. The molecule has 0 saturated carbocycles. The predicted molar refractivity (Wildman–Crippen MR) is 95.9 cm³/mol. The number of aryl methyl sites for hydroxylation is 2. The Bertz CT molecular complexity index is 941. The molecule has 0 atom stereocenters. The molecule has 0 aromatic carbocycles. The van der Waals surface area contributed by atoms with Gasteiger partial charge in [0, 0.05) is 30.6 Å². The Morgan fingerprint density at radius 3 is 2.78 bits per heavy atom. The Labute approximate surface area is 161 Å². The first-order valence-corrected chi connectivity index (χ1v) is 8.77. The molecule has 12 nitrogen and oxygen atoms in total. The molecule has 0 saturated heterocycles. The van der Waals surface area contributed by atoms with Crippen LogP contribution < -0.4 is 5.32 Å². The van der Waals surface area contributed by atoms with Crippen molar-refractivity contribution < 1.29 is 9.72 Å². The van der Waals surface area contributed by atoms with E-state index in [-0.39, 0.29) is 18.3 Å². The van der Waals surface area contributed by atoms with Crippen LogP contribution in [0.15, 0.2) is 29.3 Å². The molecule has 1 N–H and O–H groups in total. The van der Waals surface area contributed by atoms with Gasteiger partial charge >= 0.3 is 5.95 Å². The molecule has 0 fully saturated rings. The molecule has 0 bridgehead atoms. The zero-order valence-electron chi connectivity index (χ0n) is 14.3. The highest BCUT2D eigenvalue weighted by Crippen LogP contribution is 2.13. The standard InChI is InChI=1S/C14H16BrN9O3/c1-10-11(15)7-21(18-10)5-2-4-16-13(25)12-3-6-22(19-12)9-23-8-17-14(20-23)24(26)27/h3,6-8H,2,4-5,9H2,1H3,(H,16,25). The topological polar surface area (TPSA) is 139 Å². The van der Waals surface area contributed by atoms with Crippen molar-refractivity contribution in [3.63, 3.8) is 0 Å². The molecule has 0 aliphatic carbocycles. The van der Waals surface area contributed by atoms with E-state index in [1.165, 1.54) is 15.7 Å². The Hall–Kier alpha value is -3.09. The number of halogens is 1. The second-order valence-electron chi connectivity index (χ2n) is 5.66. The fourth-order valence-corrected chi connectivity index (χ4v) is 2.60. The van der Waals surface area contributed by atoms with Gasteiger partial charge in [0.2, 0.25) is 6.33 Å². The normalized spacial score (nSPS) is 10.9. The van der Waals surface area contributed by atoms with E-state index in [1.807, 2.05) is 17.8 Å². The number of hydrogen-bond acceptors (Lipinski definition) is 7. The van der Waals surface area contributed by atoms with Gasteiger partial charge in [0.05, 0.1) is 10.2 Å². The lowest BCUT2D eigenvalue weighted by Gasteiger charge is -2.04. The number of carbonyl (C=O) groups excluding carboxylic acids is 1. The summed E-state index contributed by atoms with van der Waals surface area (Å²) in [5.41, 5.74) is 1.17. The minimum atomic E-state index is -0.679. The number of nitrogens with one attached hydrogen (secondary N) is 1. The van der Waals surface area contributed by atoms with Gasteiger partial charge in [-0.2, -0.15) is 14.9 Å². The average Bonchev–Trinajstić information content (AvgIpc) is 3.34. The second kappa shape index (κ2) is 8.07. The van der Waals surface area contributed by atoms with Gasteiger partial charge in [-0.05, 0) is 40.3 Å². The molecule has 27 heavy (non-hydrogen) atoms. The minimum absolute atomic E-state index is 0.113. The molecule has 3 rings (SSSR count). The molecular formula is C14H16BrN9O3. The van der Waals surface area contributed by atoms with Crippen LogP contribution in [0.5, 0.6) is 0 Å². The highest BCUT2D eigenvalue weighted by atomic mass is 79.9. The maximum atomic E-state index is 12.1. The summed E-state index contributed by atoms with van der Waals surface area (Å²) >= 11 is 3.41. The van der Waals surface area contributed by atoms with E-state index in [4.69, 9.17) is 0 Å². The molecule has 142 valence electrons. The summed E-state index contributed by atoms with van der Waals surface area (Å²) in [6, 6.07) is 1.56. The van der Waals surface area contributed by atoms with Crippen molar-refractivity contribution in [2.24, 2.45) is 0 Å². The van der Waals surface area contributed by atoms with Gasteiger partial charge in [0.1, 0.15) is 5.69 Å².